The van der Waals surface area contributed by atoms with Gasteiger partial charge in [-0.05, 0) is 47.7 Å². The fraction of sp³-hybridized carbons (Fsp3) is 0.429. The van der Waals surface area contributed by atoms with Crippen molar-refractivity contribution < 1.29 is 24.0 Å². The summed E-state index contributed by atoms with van der Waals surface area (Å²) in [5, 5.41) is 11.1. The first-order chi connectivity index (χ1) is 19.4. The summed E-state index contributed by atoms with van der Waals surface area (Å²) in [4.78, 5) is 45.5. The van der Waals surface area contributed by atoms with Crippen molar-refractivity contribution >= 4 is 35.6 Å². The number of anilines is 1. The molecular weight excluding hydrogens is 516 g/mol. The minimum atomic E-state index is -0.456. The topological polar surface area (TPSA) is 153 Å². The number of nitro groups is 1. The molecule has 2 saturated heterocycles. The summed E-state index contributed by atoms with van der Waals surface area (Å²) in [6, 6.07) is 7.00. The van der Waals surface area contributed by atoms with E-state index in [-0.39, 0.29) is 29.9 Å². The van der Waals surface area contributed by atoms with Crippen LogP contribution in [0, 0.1) is 10.1 Å². The van der Waals surface area contributed by atoms with Crippen molar-refractivity contribution in [1.29, 1.82) is 0 Å². The van der Waals surface area contributed by atoms with E-state index in [2.05, 4.69) is 9.98 Å². The lowest BCUT2D eigenvalue weighted by Gasteiger charge is -2.16. The zero-order valence-corrected chi connectivity index (χ0v) is 22.2. The summed E-state index contributed by atoms with van der Waals surface area (Å²) in [5.74, 6) is 1.28. The predicted octanol–water partition coefficient (Wildman–Crippen LogP) is 2.73. The van der Waals surface area contributed by atoms with E-state index in [1.165, 1.54) is 6.07 Å². The van der Waals surface area contributed by atoms with Crippen LogP contribution in [0.3, 0.4) is 0 Å². The predicted molar refractivity (Wildman–Crippen MR) is 149 cm³/mol. The minimum absolute atomic E-state index is 0.0603. The number of nitrogens with two attached hydrogens (primary N) is 1. The first-order valence-corrected chi connectivity index (χ1v) is 13.4. The standard InChI is InChI=1S/C14H15N3O4.C14H17N3O2/c18-14-2-1-3-16(14)4-5-21-13-7-11-9-15-8-10(11)6-12(13)17(19)20;15-12-6-10-8-16-9-11(10)7-13(12)19-5-4-17-3-1-2-14(17)18/h6-8H,1-5,9H2;6-8H,1-5,9,15H2. The van der Waals surface area contributed by atoms with Crippen LogP contribution in [0.2, 0.25) is 0 Å². The highest BCUT2D eigenvalue weighted by atomic mass is 16.6. The minimum Gasteiger partial charge on any atom is -0.490 e. The van der Waals surface area contributed by atoms with Crippen LogP contribution in [0.1, 0.15) is 47.9 Å². The van der Waals surface area contributed by atoms with Crippen molar-refractivity contribution in [2.75, 3.05) is 45.1 Å². The zero-order chi connectivity index (χ0) is 28.1. The second kappa shape index (κ2) is 12.1. The summed E-state index contributed by atoms with van der Waals surface area (Å²) in [7, 11) is 0. The van der Waals surface area contributed by atoms with E-state index in [1.54, 1.807) is 17.2 Å². The molecule has 0 aromatic heterocycles. The molecule has 4 aliphatic heterocycles. The van der Waals surface area contributed by atoms with Gasteiger partial charge in [-0.1, -0.05) is 0 Å². The van der Waals surface area contributed by atoms with Gasteiger partial charge in [0.15, 0.2) is 5.75 Å². The molecule has 2 aromatic rings. The van der Waals surface area contributed by atoms with Crippen molar-refractivity contribution in [2.24, 2.45) is 9.98 Å². The van der Waals surface area contributed by atoms with Crippen molar-refractivity contribution in [1.82, 2.24) is 9.80 Å². The fourth-order valence-corrected chi connectivity index (χ4v) is 5.08. The smallest absolute Gasteiger partial charge is 0.311 e. The van der Waals surface area contributed by atoms with E-state index in [0.29, 0.717) is 57.1 Å². The van der Waals surface area contributed by atoms with Gasteiger partial charge in [-0.25, -0.2) is 0 Å². The molecule has 0 unspecified atom stereocenters. The van der Waals surface area contributed by atoms with Gasteiger partial charge in [0.2, 0.25) is 11.8 Å². The number of hydrogen-bond acceptors (Lipinski definition) is 9. The lowest BCUT2D eigenvalue weighted by atomic mass is 10.1. The average molecular weight is 549 g/mol. The molecule has 0 atom stereocenters. The van der Waals surface area contributed by atoms with Gasteiger partial charge in [-0.15, -0.1) is 0 Å². The maximum atomic E-state index is 11.5. The average Bonchev–Trinajstić information content (AvgIpc) is 3.74. The van der Waals surface area contributed by atoms with E-state index < -0.39 is 4.92 Å². The molecule has 40 heavy (non-hydrogen) atoms. The summed E-state index contributed by atoms with van der Waals surface area (Å²) in [6.45, 7) is 4.63. The number of nitro benzene ring substituents is 1. The van der Waals surface area contributed by atoms with Gasteiger partial charge in [-0.2, -0.15) is 0 Å². The van der Waals surface area contributed by atoms with Crippen LogP contribution in [0.25, 0.3) is 0 Å². The van der Waals surface area contributed by atoms with Crippen LogP contribution in [0.4, 0.5) is 11.4 Å². The number of aliphatic imine (C=N–C) groups is 2. The second-order valence-corrected chi connectivity index (χ2v) is 9.97. The number of carbonyl (C=O) groups is 2. The van der Waals surface area contributed by atoms with Crippen molar-refractivity contribution in [3.05, 3.63) is 56.6 Å². The lowest BCUT2D eigenvalue weighted by molar-refractivity contribution is -0.385. The maximum absolute atomic E-state index is 11.5. The van der Waals surface area contributed by atoms with E-state index in [9.17, 15) is 19.7 Å². The first-order valence-electron chi connectivity index (χ1n) is 13.4. The summed E-state index contributed by atoms with van der Waals surface area (Å²) in [5.41, 5.74) is 10.4. The van der Waals surface area contributed by atoms with Gasteiger partial charge in [0, 0.05) is 50.0 Å². The van der Waals surface area contributed by atoms with Gasteiger partial charge in [-0.3, -0.25) is 29.7 Å². The van der Waals surface area contributed by atoms with Gasteiger partial charge < -0.3 is 25.0 Å². The first kappa shape index (κ1) is 27.1. The molecule has 0 saturated carbocycles. The molecule has 2 N–H and O–H groups in total. The normalized spacial score (nSPS) is 16.7. The molecule has 6 rings (SSSR count). The number of ether oxygens (including phenoxy) is 2. The Bertz CT molecular complexity index is 1370. The number of carbonyl (C=O) groups excluding carboxylic acids is 2. The Morgan fingerprint density at radius 3 is 1.88 bits per heavy atom. The largest absolute Gasteiger partial charge is 0.490 e. The van der Waals surface area contributed by atoms with Gasteiger partial charge in [0.25, 0.3) is 0 Å². The van der Waals surface area contributed by atoms with E-state index >= 15 is 0 Å². The van der Waals surface area contributed by atoms with Crippen LogP contribution >= 0.6 is 0 Å². The molecule has 12 heteroatoms. The third kappa shape index (κ3) is 6.22. The van der Waals surface area contributed by atoms with Crippen LogP contribution in [0.15, 0.2) is 34.3 Å². The van der Waals surface area contributed by atoms with E-state index in [0.717, 1.165) is 48.2 Å². The Morgan fingerprint density at radius 2 is 1.35 bits per heavy atom. The molecule has 2 aromatic carbocycles. The molecule has 4 aliphatic rings. The van der Waals surface area contributed by atoms with Crippen molar-refractivity contribution in [3.63, 3.8) is 0 Å². The van der Waals surface area contributed by atoms with Crippen LogP contribution < -0.4 is 15.2 Å². The van der Waals surface area contributed by atoms with Crippen LogP contribution in [0.5, 0.6) is 11.5 Å². The Morgan fingerprint density at radius 1 is 0.825 bits per heavy atom. The molecule has 0 spiro atoms. The van der Waals surface area contributed by atoms with Gasteiger partial charge in [0.05, 0.1) is 36.8 Å². The number of hydrogen-bond donors (Lipinski definition) is 1. The molecule has 12 nitrogen and oxygen atoms in total. The molecule has 2 fully saturated rings. The molecule has 4 heterocycles. The Hall–Kier alpha value is -4.48. The zero-order valence-electron chi connectivity index (χ0n) is 22.2. The molecular formula is C28H32N6O6. The van der Waals surface area contributed by atoms with E-state index in [1.807, 2.05) is 23.2 Å². The SMILES string of the molecule is Nc1cc2c(cc1OCCN1CCCC1=O)CN=C2.O=C1CCCN1CCOc1cc2c(cc1[N+](=O)[O-])C=NC2. The Labute approximate surface area is 231 Å². The monoisotopic (exact) mass is 548 g/mol. The molecule has 2 amide bonds. The molecule has 210 valence electrons. The van der Waals surface area contributed by atoms with E-state index in [4.69, 9.17) is 15.2 Å². The third-order valence-electron chi connectivity index (χ3n) is 7.25. The molecule has 0 bridgehead atoms. The van der Waals surface area contributed by atoms with Crippen LogP contribution in [-0.4, -0.2) is 78.4 Å². The quantitative estimate of drug-likeness (QED) is 0.287. The third-order valence-corrected chi connectivity index (χ3v) is 7.25. The summed E-state index contributed by atoms with van der Waals surface area (Å²) < 4.78 is 11.2. The fourth-order valence-electron chi connectivity index (χ4n) is 5.08. The number of amides is 2. The number of fused-ring (bicyclic) bond motifs is 2. The summed E-state index contributed by atoms with van der Waals surface area (Å²) in [6.07, 6.45) is 6.54. The summed E-state index contributed by atoms with van der Waals surface area (Å²) >= 11 is 0. The second-order valence-electron chi connectivity index (χ2n) is 9.97. The van der Waals surface area contributed by atoms with Gasteiger partial charge in [0.1, 0.15) is 19.0 Å². The Balaban J connectivity index is 0.000000162. The number of nitrogen functional groups attached to an aromatic ring is 1. The highest BCUT2D eigenvalue weighted by molar-refractivity contribution is 5.87. The Kier molecular flexibility index (Phi) is 8.23. The number of nitrogens with zero attached hydrogens (tertiary/aromatic N) is 5. The highest BCUT2D eigenvalue weighted by Crippen LogP contribution is 2.32. The highest BCUT2D eigenvalue weighted by Gasteiger charge is 2.23. The number of rotatable bonds is 9. The molecule has 0 aliphatic carbocycles. The number of likely N-dealkylation sites (tertiary alicyclic amines) is 2. The van der Waals surface area contributed by atoms with Crippen molar-refractivity contribution in [2.45, 2.75) is 38.8 Å². The van der Waals surface area contributed by atoms with Gasteiger partial charge >= 0.3 is 5.69 Å². The van der Waals surface area contributed by atoms with Crippen LogP contribution in [-0.2, 0) is 22.7 Å². The lowest BCUT2D eigenvalue weighted by Crippen LogP contribution is -2.29. The van der Waals surface area contributed by atoms with Crippen molar-refractivity contribution in [3.8, 4) is 11.5 Å². The molecule has 0 radical (unpaired) electrons. The maximum Gasteiger partial charge on any atom is 0.311 e. The number of benzene rings is 2.